The molecule has 98 valence electrons. The van der Waals surface area contributed by atoms with E-state index < -0.39 is 5.76 Å². The minimum atomic E-state index is -0.478. The van der Waals surface area contributed by atoms with Crippen LogP contribution >= 0.6 is 27.3 Å². The van der Waals surface area contributed by atoms with Crippen LogP contribution in [-0.4, -0.2) is 4.98 Å². The molecule has 0 fully saturated rings. The molecule has 0 spiro atoms. The lowest BCUT2D eigenvalue weighted by Gasteiger charge is -2.07. The number of thiophene rings is 1. The molecule has 0 atom stereocenters. The first-order valence-electron chi connectivity index (χ1n) is 5.51. The molecule has 0 saturated heterocycles. The monoisotopic (exact) mass is 339 g/mol. The average molecular weight is 340 g/mol. The largest absolute Gasteiger partial charge is 0.417 e. The fraction of sp³-hybridized carbons (Fsp3) is 0.0833. The van der Waals surface area contributed by atoms with Gasteiger partial charge < -0.3 is 15.5 Å². The van der Waals surface area contributed by atoms with Crippen molar-refractivity contribution in [3.8, 4) is 0 Å². The zero-order chi connectivity index (χ0) is 13.4. The molecule has 2 heterocycles. The second-order valence-corrected chi connectivity index (χ2v) is 5.95. The van der Waals surface area contributed by atoms with Gasteiger partial charge in [0.1, 0.15) is 0 Å². The number of aromatic nitrogens is 1. The Kier molecular flexibility index (Phi) is 3.08. The third-order valence-corrected chi connectivity index (χ3v) is 4.36. The van der Waals surface area contributed by atoms with Crippen molar-refractivity contribution in [1.82, 2.24) is 4.98 Å². The Morgan fingerprint density at radius 3 is 3.00 bits per heavy atom. The second kappa shape index (κ2) is 4.75. The van der Waals surface area contributed by atoms with Crippen LogP contribution in [0.1, 0.15) is 4.88 Å². The summed E-state index contributed by atoms with van der Waals surface area (Å²) in [4.78, 5) is 14.9. The van der Waals surface area contributed by atoms with E-state index in [0.717, 1.165) is 10.2 Å². The quantitative estimate of drug-likeness (QED) is 0.640. The maximum Gasteiger partial charge on any atom is 0.417 e. The normalized spacial score (nSPS) is 11.0. The number of rotatable bonds is 3. The summed E-state index contributed by atoms with van der Waals surface area (Å²) in [6.07, 6.45) is 0. The first kappa shape index (κ1) is 12.3. The number of H-pyrrole nitrogens is 1. The number of anilines is 2. The van der Waals surface area contributed by atoms with Crippen LogP contribution in [0, 0.1) is 0 Å². The molecule has 0 amide bonds. The van der Waals surface area contributed by atoms with Gasteiger partial charge in [0.15, 0.2) is 5.58 Å². The Balaban J connectivity index is 1.87. The van der Waals surface area contributed by atoms with Gasteiger partial charge in [-0.05, 0) is 28.1 Å². The summed E-state index contributed by atoms with van der Waals surface area (Å²) < 4.78 is 6.01. The minimum absolute atomic E-state index is 0.465. The lowest BCUT2D eigenvalue weighted by molar-refractivity contribution is 0.555. The fourth-order valence-electron chi connectivity index (χ4n) is 1.79. The third-order valence-electron chi connectivity index (χ3n) is 2.67. The summed E-state index contributed by atoms with van der Waals surface area (Å²) in [6.45, 7) is 0.675. The fourth-order valence-corrected chi connectivity index (χ4v) is 3.19. The van der Waals surface area contributed by atoms with E-state index in [1.54, 1.807) is 23.5 Å². The predicted octanol–water partition coefficient (Wildman–Crippen LogP) is 3.14. The highest BCUT2D eigenvalue weighted by molar-refractivity contribution is 9.10. The van der Waals surface area contributed by atoms with E-state index in [4.69, 9.17) is 10.2 Å². The number of benzene rings is 1. The summed E-state index contributed by atoms with van der Waals surface area (Å²) in [7, 11) is 0. The number of halogens is 1. The Bertz CT molecular complexity index is 790. The number of nitrogens with one attached hydrogen (secondary N) is 2. The van der Waals surface area contributed by atoms with Gasteiger partial charge in [0.25, 0.3) is 0 Å². The number of hydrogen-bond acceptors (Lipinski definition) is 5. The van der Waals surface area contributed by atoms with E-state index >= 15 is 0 Å². The van der Waals surface area contributed by atoms with E-state index in [-0.39, 0.29) is 0 Å². The number of oxazole rings is 1. The molecule has 3 aromatic rings. The van der Waals surface area contributed by atoms with Crippen LogP contribution in [-0.2, 0) is 6.54 Å². The van der Waals surface area contributed by atoms with Crippen molar-refractivity contribution >= 4 is 49.7 Å². The van der Waals surface area contributed by atoms with Crippen molar-refractivity contribution in [2.24, 2.45) is 0 Å². The van der Waals surface area contributed by atoms with Crippen molar-refractivity contribution in [2.45, 2.75) is 6.54 Å². The molecule has 1 aromatic carbocycles. The highest BCUT2D eigenvalue weighted by atomic mass is 79.9. The molecule has 0 saturated carbocycles. The van der Waals surface area contributed by atoms with Gasteiger partial charge in [0.2, 0.25) is 0 Å². The van der Waals surface area contributed by atoms with E-state index in [1.807, 2.05) is 11.4 Å². The van der Waals surface area contributed by atoms with Gasteiger partial charge in [0, 0.05) is 27.3 Å². The summed E-state index contributed by atoms with van der Waals surface area (Å²) in [6, 6.07) is 5.46. The van der Waals surface area contributed by atoms with E-state index in [9.17, 15) is 4.79 Å². The molecule has 3 rings (SSSR count). The summed E-state index contributed by atoms with van der Waals surface area (Å²) in [5.41, 5.74) is 8.34. The minimum Gasteiger partial charge on any atom is -0.408 e. The Hall–Kier alpha value is -1.73. The molecule has 19 heavy (non-hydrogen) atoms. The molecule has 0 unspecified atom stereocenters. The molecule has 0 aliphatic carbocycles. The molecule has 5 nitrogen and oxygen atoms in total. The SMILES string of the molecule is Nc1cc2oc(=O)[nH]c2cc1NCc1cc(Br)cs1. The van der Waals surface area contributed by atoms with Gasteiger partial charge in [-0.3, -0.25) is 4.98 Å². The molecule has 0 aliphatic heterocycles. The standard InChI is InChI=1S/C12H10BrN3O2S/c13-6-1-7(19-5-6)4-15-9-3-10-11(2-8(9)14)18-12(17)16-10/h1-3,5,15H,4,14H2,(H,16,17). The van der Waals surface area contributed by atoms with E-state index in [0.29, 0.717) is 23.3 Å². The van der Waals surface area contributed by atoms with Crippen LogP contribution in [0.2, 0.25) is 0 Å². The Morgan fingerprint density at radius 2 is 2.26 bits per heavy atom. The molecule has 2 aromatic heterocycles. The van der Waals surface area contributed by atoms with Crippen molar-refractivity contribution in [1.29, 1.82) is 0 Å². The van der Waals surface area contributed by atoms with Crippen molar-refractivity contribution < 1.29 is 4.42 Å². The lowest BCUT2D eigenvalue weighted by atomic mass is 10.2. The number of nitrogen functional groups attached to an aromatic ring is 1. The molecule has 4 N–H and O–H groups in total. The Morgan fingerprint density at radius 1 is 1.42 bits per heavy atom. The topological polar surface area (TPSA) is 84.0 Å². The highest BCUT2D eigenvalue weighted by Crippen LogP contribution is 2.26. The van der Waals surface area contributed by atoms with Gasteiger partial charge in [-0.2, -0.15) is 0 Å². The second-order valence-electron chi connectivity index (χ2n) is 4.03. The Labute approximate surface area is 120 Å². The third kappa shape index (κ3) is 2.52. The molecular weight excluding hydrogens is 330 g/mol. The van der Waals surface area contributed by atoms with Gasteiger partial charge >= 0.3 is 5.76 Å². The first-order valence-corrected chi connectivity index (χ1v) is 7.18. The van der Waals surface area contributed by atoms with Gasteiger partial charge in [0.05, 0.1) is 16.9 Å². The predicted molar refractivity (Wildman–Crippen MR) is 80.6 cm³/mol. The number of nitrogens with two attached hydrogens (primary N) is 1. The van der Waals surface area contributed by atoms with Gasteiger partial charge in [-0.1, -0.05) is 0 Å². The van der Waals surface area contributed by atoms with Crippen LogP contribution in [0.5, 0.6) is 0 Å². The highest BCUT2D eigenvalue weighted by Gasteiger charge is 2.07. The number of fused-ring (bicyclic) bond motifs is 1. The maximum absolute atomic E-state index is 11.1. The summed E-state index contributed by atoms with van der Waals surface area (Å²) in [5.74, 6) is -0.478. The van der Waals surface area contributed by atoms with Crippen molar-refractivity contribution in [2.75, 3.05) is 11.1 Å². The maximum atomic E-state index is 11.1. The van der Waals surface area contributed by atoms with Gasteiger partial charge in [-0.15, -0.1) is 11.3 Å². The smallest absolute Gasteiger partial charge is 0.408 e. The molecule has 0 bridgehead atoms. The van der Waals surface area contributed by atoms with Crippen LogP contribution < -0.4 is 16.8 Å². The summed E-state index contributed by atoms with van der Waals surface area (Å²) in [5, 5.41) is 5.27. The van der Waals surface area contributed by atoms with Crippen LogP contribution in [0.3, 0.4) is 0 Å². The van der Waals surface area contributed by atoms with E-state index in [2.05, 4.69) is 26.2 Å². The molecular formula is C12H10BrN3O2S. The number of hydrogen-bond donors (Lipinski definition) is 3. The first-order chi connectivity index (χ1) is 9.11. The average Bonchev–Trinajstić information content (AvgIpc) is 2.91. The van der Waals surface area contributed by atoms with E-state index in [1.165, 1.54) is 4.88 Å². The van der Waals surface area contributed by atoms with Gasteiger partial charge in [-0.25, -0.2) is 4.79 Å². The van der Waals surface area contributed by atoms with Crippen molar-refractivity contribution in [3.63, 3.8) is 0 Å². The molecule has 0 radical (unpaired) electrons. The van der Waals surface area contributed by atoms with Crippen LogP contribution in [0.25, 0.3) is 11.1 Å². The number of aromatic amines is 1. The zero-order valence-electron chi connectivity index (χ0n) is 9.70. The zero-order valence-corrected chi connectivity index (χ0v) is 12.1. The molecule has 0 aliphatic rings. The summed E-state index contributed by atoms with van der Waals surface area (Å²) >= 11 is 5.07. The van der Waals surface area contributed by atoms with Crippen molar-refractivity contribution in [3.05, 3.63) is 43.5 Å². The molecule has 7 heteroatoms. The van der Waals surface area contributed by atoms with Crippen LogP contribution in [0.4, 0.5) is 11.4 Å². The lowest BCUT2D eigenvalue weighted by Crippen LogP contribution is -2.01. The van der Waals surface area contributed by atoms with Crippen LogP contribution in [0.15, 0.2) is 37.3 Å².